The number of halogens is 1. The molecule has 5 nitrogen and oxygen atoms in total. The zero-order chi connectivity index (χ0) is 12.0. The highest BCUT2D eigenvalue weighted by molar-refractivity contribution is 6.32. The van der Waals surface area contributed by atoms with Crippen LogP contribution in [-0.4, -0.2) is 25.4 Å². The number of aromatic nitrogens is 3. The fourth-order valence-electron chi connectivity index (χ4n) is 1.73. The first-order valence-corrected chi connectivity index (χ1v) is 5.21. The first-order valence-electron chi connectivity index (χ1n) is 4.83. The Hall–Kier alpha value is -2.14. The van der Waals surface area contributed by atoms with Crippen molar-refractivity contribution in [2.75, 3.05) is 0 Å². The highest BCUT2D eigenvalue weighted by Gasteiger charge is 2.13. The third-order valence-corrected chi connectivity index (χ3v) is 2.72. The maximum atomic E-state index is 10.9. The van der Waals surface area contributed by atoms with E-state index >= 15 is 0 Å². The van der Waals surface area contributed by atoms with E-state index in [1.54, 1.807) is 10.5 Å². The summed E-state index contributed by atoms with van der Waals surface area (Å²) in [6.07, 6.45) is 1.44. The highest BCUT2D eigenvalue weighted by atomic mass is 35.5. The number of imidazole rings is 1. The molecule has 0 spiro atoms. The van der Waals surface area contributed by atoms with Crippen LogP contribution in [0.3, 0.4) is 0 Å². The molecule has 0 fully saturated rings. The van der Waals surface area contributed by atoms with Crippen molar-refractivity contribution < 1.29 is 9.90 Å². The second kappa shape index (κ2) is 3.43. The summed E-state index contributed by atoms with van der Waals surface area (Å²) in [5.74, 6) is -1.09. The lowest BCUT2D eigenvalue weighted by Gasteiger charge is -2.01. The fourth-order valence-corrected chi connectivity index (χ4v) is 1.95. The number of carbonyl (C=O) groups is 1. The molecule has 2 heterocycles. The van der Waals surface area contributed by atoms with E-state index in [1.165, 1.54) is 6.20 Å². The monoisotopic (exact) mass is 247 g/mol. The summed E-state index contributed by atoms with van der Waals surface area (Å²) in [6, 6.07) is 7.32. The van der Waals surface area contributed by atoms with Crippen molar-refractivity contribution in [3.63, 3.8) is 0 Å². The van der Waals surface area contributed by atoms with E-state index in [1.807, 2.05) is 18.2 Å². The summed E-state index contributed by atoms with van der Waals surface area (Å²) >= 11 is 5.97. The summed E-state index contributed by atoms with van der Waals surface area (Å²) in [6.45, 7) is 0. The minimum atomic E-state index is -1.09. The second-order valence-corrected chi connectivity index (χ2v) is 3.87. The molecule has 0 saturated carbocycles. The van der Waals surface area contributed by atoms with Crippen LogP contribution in [0.25, 0.3) is 16.7 Å². The number of nitrogens with zero attached hydrogens (tertiary/aromatic N) is 3. The molecule has 0 aliphatic rings. The molecule has 84 valence electrons. The number of carboxylic acids is 1. The SMILES string of the molecule is O=C(O)c1cn2c(n1)c(Cl)nc1ccccc12. The molecule has 1 aromatic carbocycles. The molecular weight excluding hydrogens is 242 g/mol. The van der Waals surface area contributed by atoms with E-state index in [2.05, 4.69) is 9.97 Å². The predicted molar refractivity (Wildman–Crippen MR) is 62.5 cm³/mol. The molecule has 2 aromatic heterocycles. The molecule has 0 amide bonds. The summed E-state index contributed by atoms with van der Waals surface area (Å²) in [4.78, 5) is 19.0. The molecule has 6 heteroatoms. The van der Waals surface area contributed by atoms with Crippen LogP contribution in [0.1, 0.15) is 10.5 Å². The van der Waals surface area contributed by atoms with Gasteiger partial charge in [-0.05, 0) is 12.1 Å². The average molecular weight is 248 g/mol. The Balaban J connectivity index is 2.51. The van der Waals surface area contributed by atoms with Crippen LogP contribution < -0.4 is 0 Å². The number of rotatable bonds is 1. The Kier molecular flexibility index (Phi) is 2.02. The molecule has 3 aromatic rings. The quantitative estimate of drug-likeness (QED) is 0.716. The second-order valence-electron chi connectivity index (χ2n) is 3.52. The van der Waals surface area contributed by atoms with Crippen LogP contribution in [0.2, 0.25) is 5.15 Å². The number of fused-ring (bicyclic) bond motifs is 3. The first kappa shape index (κ1) is 10.0. The van der Waals surface area contributed by atoms with Crippen LogP contribution in [0, 0.1) is 0 Å². The lowest BCUT2D eigenvalue weighted by atomic mass is 10.3. The van der Waals surface area contributed by atoms with Gasteiger partial charge in [0, 0.05) is 6.20 Å². The van der Waals surface area contributed by atoms with Crippen molar-refractivity contribution in [2.24, 2.45) is 0 Å². The minimum Gasteiger partial charge on any atom is -0.476 e. The topological polar surface area (TPSA) is 67.5 Å². The summed E-state index contributed by atoms with van der Waals surface area (Å²) < 4.78 is 1.63. The number of hydrogen-bond donors (Lipinski definition) is 1. The average Bonchev–Trinajstić information content (AvgIpc) is 2.75. The first-order chi connectivity index (χ1) is 8.16. The Morgan fingerprint density at radius 2 is 2.06 bits per heavy atom. The molecule has 1 N–H and O–H groups in total. The molecule has 0 atom stereocenters. The summed E-state index contributed by atoms with van der Waals surface area (Å²) in [5.41, 5.74) is 1.76. The van der Waals surface area contributed by atoms with Gasteiger partial charge in [-0.1, -0.05) is 23.7 Å². The van der Waals surface area contributed by atoms with Gasteiger partial charge in [-0.2, -0.15) is 0 Å². The standard InChI is InChI=1S/C11H6ClN3O2/c12-9-10-14-7(11(16)17)5-15(10)8-4-2-1-3-6(8)13-9/h1-5H,(H,16,17). The van der Waals surface area contributed by atoms with E-state index in [9.17, 15) is 4.79 Å². The molecule has 0 bridgehead atoms. The van der Waals surface area contributed by atoms with E-state index in [0.29, 0.717) is 11.2 Å². The van der Waals surface area contributed by atoms with Crippen LogP contribution in [-0.2, 0) is 0 Å². The zero-order valence-corrected chi connectivity index (χ0v) is 9.22. The van der Waals surface area contributed by atoms with Gasteiger partial charge in [0.1, 0.15) is 0 Å². The lowest BCUT2D eigenvalue weighted by molar-refractivity contribution is 0.0691. The molecule has 0 unspecified atom stereocenters. The number of hydrogen-bond acceptors (Lipinski definition) is 3. The van der Waals surface area contributed by atoms with Gasteiger partial charge < -0.3 is 5.11 Å². The maximum Gasteiger partial charge on any atom is 0.356 e. The number of para-hydroxylation sites is 2. The Morgan fingerprint density at radius 3 is 2.82 bits per heavy atom. The van der Waals surface area contributed by atoms with Crippen molar-refractivity contribution in [3.8, 4) is 0 Å². The molecule has 0 aliphatic carbocycles. The number of carboxylic acid groups (broad SMARTS) is 1. The van der Waals surface area contributed by atoms with Gasteiger partial charge >= 0.3 is 5.97 Å². The third-order valence-electron chi connectivity index (χ3n) is 2.47. The Morgan fingerprint density at radius 1 is 1.29 bits per heavy atom. The highest BCUT2D eigenvalue weighted by Crippen LogP contribution is 2.21. The zero-order valence-electron chi connectivity index (χ0n) is 8.46. The molecule has 0 radical (unpaired) electrons. The molecule has 0 saturated heterocycles. The van der Waals surface area contributed by atoms with E-state index in [4.69, 9.17) is 16.7 Å². The van der Waals surface area contributed by atoms with Gasteiger partial charge in [-0.25, -0.2) is 14.8 Å². The van der Waals surface area contributed by atoms with E-state index < -0.39 is 5.97 Å². The van der Waals surface area contributed by atoms with Gasteiger partial charge in [-0.3, -0.25) is 4.40 Å². The van der Waals surface area contributed by atoms with Crippen LogP contribution in [0.4, 0.5) is 0 Å². The molecule has 3 rings (SSSR count). The number of benzene rings is 1. The van der Waals surface area contributed by atoms with Gasteiger partial charge in [0.25, 0.3) is 0 Å². The van der Waals surface area contributed by atoms with Crippen LogP contribution >= 0.6 is 11.6 Å². The normalized spacial score (nSPS) is 11.1. The van der Waals surface area contributed by atoms with Crippen molar-refractivity contribution in [1.29, 1.82) is 0 Å². The van der Waals surface area contributed by atoms with Crippen molar-refractivity contribution in [3.05, 3.63) is 41.3 Å². The molecule has 0 aliphatic heterocycles. The van der Waals surface area contributed by atoms with Gasteiger partial charge in [-0.15, -0.1) is 0 Å². The maximum absolute atomic E-state index is 10.9. The summed E-state index contributed by atoms with van der Waals surface area (Å²) in [5, 5.41) is 9.10. The van der Waals surface area contributed by atoms with Crippen molar-refractivity contribution >= 4 is 34.3 Å². The van der Waals surface area contributed by atoms with Crippen molar-refractivity contribution in [1.82, 2.24) is 14.4 Å². The molecule has 17 heavy (non-hydrogen) atoms. The fraction of sp³-hybridized carbons (Fsp3) is 0. The van der Waals surface area contributed by atoms with Gasteiger partial charge in [0.2, 0.25) is 0 Å². The van der Waals surface area contributed by atoms with E-state index in [0.717, 1.165) is 5.52 Å². The number of aromatic carboxylic acids is 1. The summed E-state index contributed by atoms with van der Waals surface area (Å²) in [7, 11) is 0. The van der Waals surface area contributed by atoms with Gasteiger partial charge in [0.15, 0.2) is 16.5 Å². The van der Waals surface area contributed by atoms with Crippen LogP contribution in [0.15, 0.2) is 30.5 Å². The smallest absolute Gasteiger partial charge is 0.356 e. The molecular formula is C11H6ClN3O2. The third kappa shape index (κ3) is 1.43. The van der Waals surface area contributed by atoms with E-state index in [-0.39, 0.29) is 10.8 Å². The minimum absolute atomic E-state index is 0.0509. The lowest BCUT2D eigenvalue weighted by Crippen LogP contribution is -1.94. The van der Waals surface area contributed by atoms with Crippen LogP contribution in [0.5, 0.6) is 0 Å². The predicted octanol–water partition coefficient (Wildman–Crippen LogP) is 2.23. The Labute approximate surface area is 100 Å². The van der Waals surface area contributed by atoms with Gasteiger partial charge in [0.05, 0.1) is 11.0 Å². The van der Waals surface area contributed by atoms with Crippen molar-refractivity contribution in [2.45, 2.75) is 0 Å². The largest absolute Gasteiger partial charge is 0.476 e. The Bertz CT molecular complexity index is 751.